The molecule has 276 valence electrons. The number of nitrogens with one attached hydrogen (secondary N) is 1. The Labute approximate surface area is 325 Å². The number of carboxylic acids is 1. The van der Waals surface area contributed by atoms with Gasteiger partial charge in [-0.2, -0.15) is 10.5 Å². The van der Waals surface area contributed by atoms with Crippen LogP contribution in [0.25, 0.3) is 21.7 Å². The maximum Gasteiger partial charge on any atom is 0.326 e. The molecule has 0 radical (unpaired) electrons. The first-order valence-electron chi connectivity index (χ1n) is 17.1. The van der Waals surface area contributed by atoms with Crippen LogP contribution in [-0.4, -0.2) is 80.1 Å². The fourth-order valence-electron chi connectivity index (χ4n) is 6.09. The smallest absolute Gasteiger partial charge is 0.326 e. The number of rotatable bonds is 15. The predicted molar refractivity (Wildman–Crippen MR) is 207 cm³/mol. The normalized spacial score (nSPS) is 13.5. The van der Waals surface area contributed by atoms with Gasteiger partial charge in [-0.3, -0.25) is 4.79 Å². The van der Waals surface area contributed by atoms with Crippen LogP contribution in [0.3, 0.4) is 0 Å². The van der Waals surface area contributed by atoms with Crippen molar-refractivity contribution in [3.05, 3.63) is 94.0 Å². The molecule has 0 bridgehead atoms. The second-order valence-corrected chi connectivity index (χ2v) is 14.8. The number of aliphatic carboxylic acids is 1. The first kappa shape index (κ1) is 38.3. The molecule has 2 aromatic carbocycles. The number of hydrogen-bond acceptors (Lipinski definition) is 12. The van der Waals surface area contributed by atoms with Gasteiger partial charge in [-0.25, -0.2) is 19.7 Å². The number of amides is 1. The standard InChI is InChI=1S/C38H36ClN9O4S2/c1-23(38(50)51)48(37(49)32(42)16-27-19-43-22-44-27)14-15-52-29-10-6-24(7-11-29)33-30(17-40)34(47-12-2-3-13-47)46-36(31(33)18-41)54-21-28-20-53-35(45-28)25-4-8-26(39)9-5-25/h4-11,19-20,22-23,32H,2-3,12-16,21,42H2,1H3,(H,43,44)(H,50,51)/t23-,32-/m0/s1. The molecule has 3 aromatic heterocycles. The van der Waals surface area contributed by atoms with Gasteiger partial charge in [0.2, 0.25) is 5.91 Å². The second-order valence-electron chi connectivity index (χ2n) is 12.5. The van der Waals surface area contributed by atoms with Gasteiger partial charge in [0.05, 0.1) is 30.2 Å². The zero-order valence-corrected chi connectivity index (χ0v) is 31.6. The number of carbonyl (C=O) groups excluding carboxylic acids is 1. The van der Waals surface area contributed by atoms with E-state index in [-0.39, 0.29) is 19.6 Å². The SMILES string of the molecule is C[C@@H](C(=O)O)N(CCOc1ccc(-c2c(C#N)c(SCc3csc(-c4ccc(Cl)cc4)n3)nc(N3CCCC3)c2C#N)cc1)C(=O)[C@@H](N)Cc1cnc[nH]1. The molecule has 6 rings (SSSR count). The molecule has 0 unspecified atom stereocenters. The van der Waals surface area contributed by atoms with Gasteiger partial charge in [-0.05, 0) is 49.6 Å². The van der Waals surface area contributed by atoms with Crippen LogP contribution in [0.5, 0.6) is 5.75 Å². The number of hydrogen-bond donors (Lipinski definition) is 3. The Morgan fingerprint density at radius 1 is 1.09 bits per heavy atom. The number of nitrogens with two attached hydrogens (primary N) is 1. The lowest BCUT2D eigenvalue weighted by atomic mass is 9.96. The minimum atomic E-state index is -1.17. The van der Waals surface area contributed by atoms with Gasteiger partial charge in [0, 0.05) is 58.7 Å². The lowest BCUT2D eigenvalue weighted by molar-refractivity contribution is -0.150. The quantitative estimate of drug-likeness (QED) is 0.103. The van der Waals surface area contributed by atoms with Crippen LogP contribution in [-0.2, 0) is 21.8 Å². The fourth-order valence-corrected chi connectivity index (χ4v) is 8.03. The highest BCUT2D eigenvalue weighted by Gasteiger charge is 2.30. The Hall–Kier alpha value is -5.45. The monoisotopic (exact) mass is 781 g/mol. The van der Waals surface area contributed by atoms with E-state index in [2.05, 4.69) is 27.0 Å². The van der Waals surface area contributed by atoms with E-state index in [0.29, 0.717) is 55.3 Å². The van der Waals surface area contributed by atoms with Crippen molar-refractivity contribution in [3.63, 3.8) is 0 Å². The van der Waals surface area contributed by atoms with E-state index in [9.17, 15) is 25.2 Å². The van der Waals surface area contributed by atoms with Crippen LogP contribution in [0.4, 0.5) is 5.82 Å². The lowest BCUT2D eigenvalue weighted by Crippen LogP contribution is -2.52. The third kappa shape index (κ3) is 8.84. The van der Waals surface area contributed by atoms with Gasteiger partial charge in [0.1, 0.15) is 52.0 Å². The highest BCUT2D eigenvalue weighted by molar-refractivity contribution is 7.98. The summed E-state index contributed by atoms with van der Waals surface area (Å²) in [6, 6.07) is 17.0. The Morgan fingerprint density at radius 2 is 1.80 bits per heavy atom. The van der Waals surface area contributed by atoms with Gasteiger partial charge < -0.3 is 30.4 Å². The molecule has 5 aromatic rings. The minimum absolute atomic E-state index is 0.00210. The van der Waals surface area contributed by atoms with E-state index in [4.69, 9.17) is 32.0 Å². The molecule has 4 heterocycles. The Balaban J connectivity index is 1.21. The largest absolute Gasteiger partial charge is 0.492 e. The van der Waals surface area contributed by atoms with Crippen LogP contribution in [0, 0.1) is 22.7 Å². The van der Waals surface area contributed by atoms with Crippen molar-refractivity contribution in [2.24, 2.45) is 5.73 Å². The Bertz CT molecular complexity index is 2180. The molecule has 16 heteroatoms. The van der Waals surface area contributed by atoms with E-state index in [1.165, 1.54) is 41.2 Å². The zero-order valence-electron chi connectivity index (χ0n) is 29.2. The molecular weight excluding hydrogens is 746 g/mol. The van der Waals surface area contributed by atoms with Crippen molar-refractivity contribution in [2.75, 3.05) is 31.1 Å². The highest BCUT2D eigenvalue weighted by Crippen LogP contribution is 2.40. The summed E-state index contributed by atoms with van der Waals surface area (Å²) < 4.78 is 5.95. The molecule has 1 saturated heterocycles. The van der Waals surface area contributed by atoms with Crippen LogP contribution >= 0.6 is 34.7 Å². The number of aromatic nitrogens is 4. The molecule has 2 atom stereocenters. The first-order valence-corrected chi connectivity index (χ1v) is 19.4. The number of ether oxygens (including phenoxy) is 1. The van der Waals surface area contributed by atoms with Gasteiger partial charge in [-0.15, -0.1) is 11.3 Å². The Kier molecular flexibility index (Phi) is 12.5. The summed E-state index contributed by atoms with van der Waals surface area (Å²) in [4.78, 5) is 44.9. The van der Waals surface area contributed by atoms with Crippen LogP contribution in [0.2, 0.25) is 5.02 Å². The summed E-state index contributed by atoms with van der Waals surface area (Å²) in [7, 11) is 0. The predicted octanol–water partition coefficient (Wildman–Crippen LogP) is 6.13. The van der Waals surface area contributed by atoms with Crippen LogP contribution < -0.4 is 15.4 Å². The summed E-state index contributed by atoms with van der Waals surface area (Å²) in [6.07, 6.45) is 5.17. The van der Waals surface area contributed by atoms with Crippen LogP contribution in [0.15, 0.2) is 71.5 Å². The molecule has 4 N–H and O–H groups in total. The van der Waals surface area contributed by atoms with E-state index in [1.807, 2.05) is 29.6 Å². The number of nitrogens with zero attached hydrogens (tertiary/aromatic N) is 7. The molecule has 0 spiro atoms. The van der Waals surface area contributed by atoms with E-state index < -0.39 is 24.0 Å². The van der Waals surface area contributed by atoms with Gasteiger partial charge in [-0.1, -0.05) is 47.6 Å². The minimum Gasteiger partial charge on any atom is -0.492 e. The number of imidazole rings is 1. The number of thioether (sulfide) groups is 1. The highest BCUT2D eigenvalue weighted by atomic mass is 35.5. The summed E-state index contributed by atoms with van der Waals surface area (Å²) >= 11 is 8.99. The number of anilines is 1. The fraction of sp³-hybridized carbons (Fsp3) is 0.289. The van der Waals surface area contributed by atoms with Crippen molar-refractivity contribution in [3.8, 4) is 39.6 Å². The number of aromatic amines is 1. The molecule has 1 aliphatic heterocycles. The maximum absolute atomic E-state index is 13.2. The van der Waals surface area contributed by atoms with E-state index in [0.717, 1.165) is 42.2 Å². The second kappa shape index (κ2) is 17.6. The van der Waals surface area contributed by atoms with Crippen molar-refractivity contribution < 1.29 is 19.4 Å². The number of H-pyrrole nitrogens is 1. The third-order valence-electron chi connectivity index (χ3n) is 8.94. The first-order chi connectivity index (χ1) is 26.2. The van der Waals surface area contributed by atoms with Crippen molar-refractivity contribution >= 4 is 52.4 Å². The van der Waals surface area contributed by atoms with Gasteiger partial charge in [0.15, 0.2) is 0 Å². The third-order valence-corrected chi connectivity index (χ3v) is 11.1. The van der Waals surface area contributed by atoms with Gasteiger partial charge in [0.25, 0.3) is 0 Å². The summed E-state index contributed by atoms with van der Waals surface area (Å²) in [5.41, 5.74) is 10.4. The van der Waals surface area contributed by atoms with Crippen molar-refractivity contribution in [1.82, 2.24) is 24.8 Å². The molecule has 54 heavy (non-hydrogen) atoms. The molecule has 1 fully saturated rings. The zero-order chi connectivity index (χ0) is 38.2. The summed E-state index contributed by atoms with van der Waals surface area (Å²) in [5, 5.41) is 34.7. The van der Waals surface area contributed by atoms with Gasteiger partial charge >= 0.3 is 5.97 Å². The van der Waals surface area contributed by atoms with E-state index in [1.54, 1.807) is 30.5 Å². The Morgan fingerprint density at radius 3 is 2.44 bits per heavy atom. The molecule has 0 aliphatic carbocycles. The molecule has 13 nitrogen and oxygen atoms in total. The number of nitriles is 2. The molecular formula is C38H36ClN9O4S2. The summed E-state index contributed by atoms with van der Waals surface area (Å²) in [6.45, 7) is 2.91. The molecule has 0 saturated carbocycles. The van der Waals surface area contributed by atoms with Crippen molar-refractivity contribution in [1.29, 1.82) is 10.5 Å². The molecule has 1 aliphatic rings. The number of thiazole rings is 1. The average Bonchev–Trinajstić information content (AvgIpc) is 4.00. The van der Waals surface area contributed by atoms with E-state index >= 15 is 0 Å². The lowest BCUT2D eigenvalue weighted by Gasteiger charge is -2.29. The van der Waals surface area contributed by atoms with Crippen LogP contribution in [0.1, 0.15) is 42.3 Å². The average molecular weight is 782 g/mol. The summed E-state index contributed by atoms with van der Waals surface area (Å²) in [5.74, 6) is -0.215. The molecule has 1 amide bonds. The number of carboxylic acid groups (broad SMARTS) is 1. The maximum atomic E-state index is 13.2. The number of pyridine rings is 1. The van der Waals surface area contributed by atoms with Crippen molar-refractivity contribution in [2.45, 2.75) is 49.0 Å². The number of carbonyl (C=O) groups is 2. The number of benzene rings is 2. The number of halogens is 1. The topological polar surface area (TPSA) is 198 Å².